The van der Waals surface area contributed by atoms with Crippen molar-refractivity contribution in [2.24, 2.45) is 27.7 Å². The minimum absolute atomic E-state index is 0.0507. The summed E-state index contributed by atoms with van der Waals surface area (Å²) in [5.41, 5.74) is -0.918. The Hall–Kier alpha value is -1.92. The van der Waals surface area contributed by atoms with Crippen LogP contribution in [-0.2, 0) is 23.9 Å². The largest absolute Gasteiger partial charge is 0.469 e. The van der Waals surface area contributed by atoms with Gasteiger partial charge in [0, 0.05) is 17.8 Å². The fraction of sp³-hybridized carbons (Fsp3) is 0.852. The van der Waals surface area contributed by atoms with Gasteiger partial charge in [-0.1, -0.05) is 20.8 Å². The minimum atomic E-state index is -0.875. The number of nitrogens with zero attached hydrogens (tertiary/aromatic N) is 2. The topological polar surface area (TPSA) is 85.3 Å². The molecule has 0 saturated heterocycles. The Labute approximate surface area is 206 Å². The summed E-state index contributed by atoms with van der Waals surface area (Å²) in [4.78, 5) is 46.5. The molecule has 0 aromatic heterocycles. The number of rotatable bonds is 8. The van der Waals surface area contributed by atoms with E-state index in [1.807, 2.05) is 60.3 Å². The molecule has 2 saturated carbocycles. The van der Waals surface area contributed by atoms with Crippen molar-refractivity contribution in [2.75, 3.05) is 7.11 Å². The number of amides is 1. The number of hydrogen-bond acceptors (Lipinski definition) is 6. The highest BCUT2D eigenvalue weighted by Gasteiger charge is 2.67. The zero-order valence-electron chi connectivity index (χ0n) is 23.2. The summed E-state index contributed by atoms with van der Waals surface area (Å²) in [6, 6.07) is -0.767. The molecule has 0 unspecified atom stereocenters. The molecule has 0 heterocycles. The number of methoxy groups -OCH3 is 1. The molecule has 0 aromatic carbocycles. The quantitative estimate of drug-likeness (QED) is 0.468. The molecular formula is C27H46N2O5. The van der Waals surface area contributed by atoms with E-state index in [4.69, 9.17) is 14.5 Å². The highest BCUT2D eigenvalue weighted by Crippen LogP contribution is 2.65. The van der Waals surface area contributed by atoms with Crippen molar-refractivity contribution >= 4 is 23.6 Å². The summed E-state index contributed by atoms with van der Waals surface area (Å²) in [5.74, 6) is -0.859. The lowest BCUT2D eigenvalue weighted by molar-refractivity contribution is -0.158. The summed E-state index contributed by atoms with van der Waals surface area (Å²) < 4.78 is 10.5. The summed E-state index contributed by atoms with van der Waals surface area (Å²) >= 11 is 0. The second-order valence-corrected chi connectivity index (χ2v) is 12.3. The molecule has 194 valence electrons. The van der Waals surface area contributed by atoms with Crippen LogP contribution in [0.4, 0.5) is 0 Å². The average Bonchev–Trinajstić information content (AvgIpc) is 3.06. The number of carbonyl (C=O) groups is 3. The van der Waals surface area contributed by atoms with Gasteiger partial charge in [-0.3, -0.25) is 14.6 Å². The number of ether oxygens (including phenoxy) is 2. The van der Waals surface area contributed by atoms with E-state index in [-0.39, 0.29) is 29.8 Å². The molecule has 0 radical (unpaired) electrons. The van der Waals surface area contributed by atoms with E-state index in [2.05, 4.69) is 13.8 Å². The van der Waals surface area contributed by atoms with Gasteiger partial charge >= 0.3 is 11.9 Å². The molecule has 7 heteroatoms. The molecule has 2 aliphatic carbocycles. The number of fused-ring (bicyclic) bond motifs is 2. The minimum Gasteiger partial charge on any atom is -0.469 e. The van der Waals surface area contributed by atoms with Crippen molar-refractivity contribution in [3.05, 3.63) is 0 Å². The molecule has 1 amide bonds. The number of hydrogen-bond donors (Lipinski definition) is 0. The monoisotopic (exact) mass is 478 g/mol. The van der Waals surface area contributed by atoms with Crippen LogP contribution in [0.2, 0.25) is 0 Å². The Morgan fingerprint density at radius 2 is 1.65 bits per heavy atom. The highest BCUT2D eigenvalue weighted by molar-refractivity contribution is 6.12. The van der Waals surface area contributed by atoms with Gasteiger partial charge in [-0.05, 0) is 85.0 Å². The summed E-state index contributed by atoms with van der Waals surface area (Å²) in [6.45, 7) is 19.8. The third kappa shape index (κ3) is 5.18. The first kappa shape index (κ1) is 28.3. The predicted molar refractivity (Wildman–Crippen MR) is 134 cm³/mol. The van der Waals surface area contributed by atoms with Gasteiger partial charge < -0.3 is 14.4 Å². The van der Waals surface area contributed by atoms with Gasteiger partial charge in [0.25, 0.3) is 0 Å². The Bertz CT molecular complexity index is 815. The van der Waals surface area contributed by atoms with Crippen LogP contribution >= 0.6 is 0 Å². The van der Waals surface area contributed by atoms with Crippen LogP contribution in [0.5, 0.6) is 0 Å². The third-order valence-corrected chi connectivity index (χ3v) is 7.83. The lowest BCUT2D eigenvalue weighted by atomic mass is 9.67. The Balaban J connectivity index is 2.60. The van der Waals surface area contributed by atoms with E-state index < -0.39 is 34.9 Å². The van der Waals surface area contributed by atoms with Gasteiger partial charge in [0.1, 0.15) is 5.60 Å². The van der Waals surface area contributed by atoms with E-state index in [0.717, 1.165) is 18.6 Å². The zero-order chi connectivity index (χ0) is 26.2. The fourth-order valence-corrected chi connectivity index (χ4v) is 6.06. The summed E-state index contributed by atoms with van der Waals surface area (Å²) in [5, 5.41) is 0. The maximum atomic E-state index is 14.3. The van der Waals surface area contributed by atoms with E-state index in [9.17, 15) is 14.4 Å². The predicted octanol–water partition coefficient (Wildman–Crippen LogP) is 4.81. The van der Waals surface area contributed by atoms with E-state index >= 15 is 0 Å². The third-order valence-electron chi connectivity index (χ3n) is 7.83. The van der Waals surface area contributed by atoms with Gasteiger partial charge in [-0.15, -0.1) is 0 Å². The Morgan fingerprint density at radius 1 is 1.09 bits per heavy atom. The van der Waals surface area contributed by atoms with Crippen LogP contribution < -0.4 is 0 Å². The van der Waals surface area contributed by atoms with E-state index in [1.165, 1.54) is 7.11 Å². The summed E-state index contributed by atoms with van der Waals surface area (Å²) in [6.07, 6.45) is 2.43. The highest BCUT2D eigenvalue weighted by atomic mass is 16.6. The van der Waals surface area contributed by atoms with Crippen LogP contribution in [0.15, 0.2) is 4.99 Å². The Morgan fingerprint density at radius 3 is 2.09 bits per heavy atom. The van der Waals surface area contributed by atoms with E-state index in [0.29, 0.717) is 12.3 Å². The molecule has 0 aliphatic heterocycles. The average molecular weight is 479 g/mol. The van der Waals surface area contributed by atoms with Crippen molar-refractivity contribution in [3.8, 4) is 0 Å². The van der Waals surface area contributed by atoms with Crippen LogP contribution in [0.25, 0.3) is 0 Å². The molecule has 7 nitrogen and oxygen atoms in total. The molecule has 34 heavy (non-hydrogen) atoms. The van der Waals surface area contributed by atoms with Crippen molar-refractivity contribution in [1.82, 2.24) is 4.90 Å². The smallest absolute Gasteiger partial charge is 0.331 e. The van der Waals surface area contributed by atoms with Gasteiger partial charge in [-0.25, -0.2) is 4.79 Å². The summed E-state index contributed by atoms with van der Waals surface area (Å²) in [7, 11) is 1.34. The maximum Gasteiger partial charge on any atom is 0.331 e. The molecule has 0 spiro atoms. The first-order valence-electron chi connectivity index (χ1n) is 12.7. The van der Waals surface area contributed by atoms with Crippen molar-refractivity contribution in [1.29, 1.82) is 0 Å². The molecule has 0 N–H and O–H groups in total. The van der Waals surface area contributed by atoms with E-state index in [1.54, 1.807) is 0 Å². The Kier molecular flexibility index (Phi) is 8.31. The standard InChI is InChI=1S/C27H46N2O5/c1-16(2)29(17(3)4)24(32)27-13-12-19(26(27,9)10)15-20(27)28-22(18(5)14-21(30)33-11)23(31)34-25(6,7)8/h16-19,22H,12-15H2,1-11H3/t18-,19+,22-,27-/m0/s1. The lowest BCUT2D eigenvalue weighted by Crippen LogP contribution is -2.55. The van der Waals surface area contributed by atoms with Crippen LogP contribution in [0.3, 0.4) is 0 Å². The number of carbonyl (C=O) groups excluding carboxylic acids is 3. The van der Waals surface area contributed by atoms with Gasteiger partial charge in [0.2, 0.25) is 5.91 Å². The molecular weight excluding hydrogens is 432 g/mol. The SMILES string of the molecule is COC(=O)C[C@H](C)[C@H](N=C1C[C@H]2CC[C@]1(C(=O)N(C(C)C)C(C)C)C2(C)C)C(=O)OC(C)(C)C. The van der Waals surface area contributed by atoms with Crippen LogP contribution in [0, 0.1) is 22.7 Å². The molecule has 4 atom stereocenters. The maximum absolute atomic E-state index is 14.3. The van der Waals surface area contributed by atoms with Gasteiger partial charge in [-0.2, -0.15) is 0 Å². The molecule has 2 bridgehead atoms. The first-order chi connectivity index (χ1) is 15.5. The van der Waals surface area contributed by atoms with Gasteiger partial charge in [0.05, 0.1) is 18.9 Å². The number of aliphatic imine (C=N–C) groups is 1. The molecule has 0 aromatic rings. The molecule has 2 aliphatic rings. The zero-order valence-corrected chi connectivity index (χ0v) is 23.2. The van der Waals surface area contributed by atoms with Crippen LogP contribution in [0.1, 0.15) is 94.9 Å². The van der Waals surface area contributed by atoms with Crippen molar-refractivity contribution < 1.29 is 23.9 Å². The molecule has 2 fully saturated rings. The fourth-order valence-electron chi connectivity index (χ4n) is 6.06. The normalized spacial score (nSPS) is 26.6. The molecule has 2 rings (SSSR count). The second-order valence-electron chi connectivity index (χ2n) is 12.3. The van der Waals surface area contributed by atoms with Crippen LogP contribution in [-0.4, -0.2) is 59.3 Å². The van der Waals surface area contributed by atoms with Gasteiger partial charge in [0.15, 0.2) is 6.04 Å². The van der Waals surface area contributed by atoms with Crippen molar-refractivity contribution in [3.63, 3.8) is 0 Å². The lowest BCUT2D eigenvalue weighted by Gasteiger charge is -2.44. The second kappa shape index (κ2) is 9.98. The number of esters is 2. The van der Waals surface area contributed by atoms with Crippen molar-refractivity contribution in [2.45, 2.75) is 119 Å². The first-order valence-corrected chi connectivity index (χ1v) is 12.7.